The minimum Gasteiger partial charge on any atom is -0.320 e. The van der Waals surface area contributed by atoms with Crippen molar-refractivity contribution in [3.8, 4) is 11.8 Å². The summed E-state index contributed by atoms with van der Waals surface area (Å²) >= 11 is 0. The maximum atomic E-state index is 11.9. The Bertz CT molecular complexity index is 594. The number of H-pyrrole nitrogens is 1. The molecule has 0 spiro atoms. The van der Waals surface area contributed by atoms with Crippen LogP contribution in [0.25, 0.3) is 0 Å². The number of nitrogens with zero attached hydrogens (tertiary/aromatic N) is 2. The Morgan fingerprint density at radius 1 is 1.44 bits per heavy atom. The first-order chi connectivity index (χ1) is 8.79. The molecule has 6 heteroatoms. The van der Waals surface area contributed by atoms with Crippen molar-refractivity contribution in [1.82, 2.24) is 15.2 Å². The van der Waals surface area contributed by atoms with E-state index in [-0.39, 0.29) is 12.5 Å². The molecule has 0 radical (unpaired) electrons. The van der Waals surface area contributed by atoms with E-state index in [0.717, 1.165) is 0 Å². The fourth-order valence-electron chi connectivity index (χ4n) is 1.31. The molecule has 0 unspecified atom stereocenters. The molecule has 4 N–H and O–H groups in total. The molecule has 0 aliphatic rings. The third-order valence-corrected chi connectivity index (χ3v) is 2.09. The largest absolute Gasteiger partial charge is 0.320 e. The van der Waals surface area contributed by atoms with Gasteiger partial charge in [-0.25, -0.2) is 0 Å². The SMILES string of the molecule is NCC#Cc1cncc(C(=O)Nc2cn[nH]c2)c1. The number of pyridine rings is 1. The molecule has 2 heterocycles. The molecule has 6 nitrogen and oxygen atoms in total. The Labute approximate surface area is 104 Å². The van der Waals surface area contributed by atoms with Crippen LogP contribution in [0.3, 0.4) is 0 Å². The molecule has 0 bridgehead atoms. The van der Waals surface area contributed by atoms with E-state index in [4.69, 9.17) is 5.73 Å². The molecule has 0 fully saturated rings. The van der Waals surface area contributed by atoms with Crippen molar-refractivity contribution in [3.05, 3.63) is 42.0 Å². The maximum Gasteiger partial charge on any atom is 0.257 e. The summed E-state index contributed by atoms with van der Waals surface area (Å²) in [6.45, 7) is 0.269. The summed E-state index contributed by atoms with van der Waals surface area (Å²) < 4.78 is 0. The van der Waals surface area contributed by atoms with Gasteiger partial charge >= 0.3 is 0 Å². The summed E-state index contributed by atoms with van der Waals surface area (Å²) in [5.41, 5.74) is 6.96. The minimum absolute atomic E-state index is 0.264. The average Bonchev–Trinajstić information content (AvgIpc) is 2.89. The van der Waals surface area contributed by atoms with E-state index in [9.17, 15) is 4.79 Å². The summed E-state index contributed by atoms with van der Waals surface area (Å²) in [4.78, 5) is 15.8. The maximum absolute atomic E-state index is 11.9. The highest BCUT2D eigenvalue weighted by Gasteiger charge is 2.07. The Balaban J connectivity index is 2.15. The lowest BCUT2D eigenvalue weighted by molar-refractivity contribution is 0.102. The molecule has 0 saturated carbocycles. The van der Waals surface area contributed by atoms with Crippen molar-refractivity contribution in [3.63, 3.8) is 0 Å². The van der Waals surface area contributed by atoms with Crippen molar-refractivity contribution in [2.45, 2.75) is 0 Å². The number of carbonyl (C=O) groups is 1. The van der Waals surface area contributed by atoms with E-state index in [0.29, 0.717) is 16.8 Å². The second-order valence-electron chi connectivity index (χ2n) is 3.41. The van der Waals surface area contributed by atoms with Gasteiger partial charge in [0.05, 0.1) is 24.0 Å². The Kier molecular flexibility index (Phi) is 3.69. The van der Waals surface area contributed by atoms with Crippen LogP contribution in [-0.2, 0) is 0 Å². The van der Waals surface area contributed by atoms with E-state index in [1.807, 2.05) is 0 Å². The molecule has 0 aromatic carbocycles. The molecule has 1 amide bonds. The standard InChI is InChI=1S/C12H11N5O/c13-3-1-2-9-4-10(6-14-5-9)12(18)17-11-7-15-16-8-11/h4-8H,3,13H2,(H,15,16)(H,17,18). The fourth-order valence-corrected chi connectivity index (χ4v) is 1.31. The predicted octanol–water partition coefficient (Wildman–Crippen LogP) is 0.367. The number of hydrogen-bond acceptors (Lipinski definition) is 4. The van der Waals surface area contributed by atoms with Crippen LogP contribution in [0, 0.1) is 11.8 Å². The van der Waals surface area contributed by atoms with Gasteiger partial charge < -0.3 is 11.1 Å². The van der Waals surface area contributed by atoms with Gasteiger partial charge in [0.15, 0.2) is 0 Å². The molecule has 90 valence electrons. The number of amides is 1. The van der Waals surface area contributed by atoms with Gasteiger partial charge in [-0.3, -0.25) is 14.9 Å². The fraction of sp³-hybridized carbons (Fsp3) is 0.0833. The van der Waals surface area contributed by atoms with Crippen LogP contribution in [0.15, 0.2) is 30.9 Å². The molecule has 2 aromatic rings. The molecule has 0 aliphatic heterocycles. The smallest absolute Gasteiger partial charge is 0.257 e. The summed E-state index contributed by atoms with van der Waals surface area (Å²) in [5.74, 6) is 5.27. The van der Waals surface area contributed by atoms with Crippen LogP contribution in [0.2, 0.25) is 0 Å². The molecule has 2 aromatic heterocycles. The monoisotopic (exact) mass is 241 g/mol. The predicted molar refractivity (Wildman–Crippen MR) is 66.7 cm³/mol. The van der Waals surface area contributed by atoms with Gasteiger partial charge in [-0.2, -0.15) is 5.10 Å². The Hall–Kier alpha value is -2.65. The second-order valence-corrected chi connectivity index (χ2v) is 3.41. The van der Waals surface area contributed by atoms with Gasteiger partial charge in [-0.05, 0) is 6.07 Å². The Morgan fingerprint density at radius 2 is 2.33 bits per heavy atom. The van der Waals surface area contributed by atoms with Gasteiger partial charge in [0.2, 0.25) is 0 Å². The first-order valence-electron chi connectivity index (χ1n) is 5.23. The van der Waals surface area contributed by atoms with E-state index in [1.165, 1.54) is 12.4 Å². The van der Waals surface area contributed by atoms with Gasteiger partial charge in [-0.15, -0.1) is 0 Å². The third-order valence-electron chi connectivity index (χ3n) is 2.09. The number of nitrogens with two attached hydrogens (primary N) is 1. The first kappa shape index (κ1) is 11.8. The van der Waals surface area contributed by atoms with E-state index in [2.05, 4.69) is 32.3 Å². The number of aromatic amines is 1. The lowest BCUT2D eigenvalue weighted by Gasteiger charge is -2.01. The van der Waals surface area contributed by atoms with E-state index in [1.54, 1.807) is 18.5 Å². The number of hydrogen-bond donors (Lipinski definition) is 3. The zero-order valence-electron chi connectivity index (χ0n) is 9.47. The lowest BCUT2D eigenvalue weighted by Crippen LogP contribution is -2.11. The van der Waals surface area contributed by atoms with E-state index < -0.39 is 0 Å². The quantitative estimate of drug-likeness (QED) is 0.662. The molecule has 0 aliphatic carbocycles. The zero-order valence-corrected chi connectivity index (χ0v) is 9.47. The van der Waals surface area contributed by atoms with Crippen molar-refractivity contribution in [2.75, 3.05) is 11.9 Å². The second kappa shape index (κ2) is 5.61. The van der Waals surface area contributed by atoms with E-state index >= 15 is 0 Å². The number of aromatic nitrogens is 3. The summed E-state index contributed by atoms with van der Waals surface area (Å²) in [5, 5.41) is 9.02. The van der Waals surface area contributed by atoms with Gasteiger partial charge in [-0.1, -0.05) is 11.8 Å². The van der Waals surface area contributed by atoms with Gasteiger partial charge in [0, 0.05) is 24.2 Å². The highest BCUT2D eigenvalue weighted by Crippen LogP contribution is 2.07. The third kappa shape index (κ3) is 2.93. The van der Waals surface area contributed by atoms with Crippen molar-refractivity contribution >= 4 is 11.6 Å². The molecule has 0 saturated heterocycles. The zero-order chi connectivity index (χ0) is 12.8. The van der Waals surface area contributed by atoms with Gasteiger partial charge in [0.1, 0.15) is 0 Å². The highest BCUT2D eigenvalue weighted by molar-refractivity contribution is 6.04. The van der Waals surface area contributed by atoms with Crippen LogP contribution in [-0.4, -0.2) is 27.6 Å². The van der Waals surface area contributed by atoms with Crippen molar-refractivity contribution in [1.29, 1.82) is 0 Å². The van der Waals surface area contributed by atoms with Crippen LogP contribution < -0.4 is 11.1 Å². The molecule has 2 rings (SSSR count). The van der Waals surface area contributed by atoms with Crippen molar-refractivity contribution < 1.29 is 4.79 Å². The average molecular weight is 241 g/mol. The minimum atomic E-state index is -0.264. The summed E-state index contributed by atoms with van der Waals surface area (Å²) in [6, 6.07) is 1.66. The van der Waals surface area contributed by atoms with Crippen molar-refractivity contribution in [2.24, 2.45) is 5.73 Å². The number of carbonyl (C=O) groups excluding carboxylic acids is 1. The van der Waals surface area contributed by atoms with Crippen LogP contribution in [0.1, 0.15) is 15.9 Å². The van der Waals surface area contributed by atoms with Gasteiger partial charge in [0.25, 0.3) is 5.91 Å². The topological polar surface area (TPSA) is 96.7 Å². The summed E-state index contributed by atoms with van der Waals surface area (Å²) in [7, 11) is 0. The molecule has 18 heavy (non-hydrogen) atoms. The Morgan fingerprint density at radius 3 is 3.06 bits per heavy atom. The van der Waals surface area contributed by atoms with Crippen LogP contribution in [0.4, 0.5) is 5.69 Å². The van der Waals surface area contributed by atoms with Crippen LogP contribution in [0.5, 0.6) is 0 Å². The summed E-state index contributed by atoms with van der Waals surface area (Å²) in [6.07, 6.45) is 6.16. The molecular formula is C12H11N5O. The highest BCUT2D eigenvalue weighted by atomic mass is 16.1. The van der Waals surface area contributed by atoms with Crippen LogP contribution >= 0.6 is 0 Å². The number of anilines is 1. The number of nitrogens with one attached hydrogen (secondary N) is 2. The molecule has 0 atom stereocenters. The first-order valence-corrected chi connectivity index (χ1v) is 5.23. The molecular weight excluding hydrogens is 230 g/mol. The number of rotatable bonds is 2. The normalized spacial score (nSPS) is 9.39. The lowest BCUT2D eigenvalue weighted by atomic mass is 10.2.